The van der Waals surface area contributed by atoms with E-state index in [-0.39, 0.29) is 17.2 Å². The van der Waals surface area contributed by atoms with Crippen molar-refractivity contribution >= 4 is 28.5 Å². The average molecular weight is 369 g/mol. The van der Waals surface area contributed by atoms with Crippen LogP contribution in [0, 0.1) is 17.0 Å². The molecular weight excluding hydrogens is 354 g/mol. The highest BCUT2D eigenvalue weighted by molar-refractivity contribution is 5.99. The number of para-hydroxylation sites is 3. The fraction of sp³-hybridized carbons (Fsp3) is 0.111. The topological polar surface area (TPSA) is 124 Å². The maximum absolute atomic E-state index is 12.2. The number of nitro groups is 1. The molecule has 0 saturated carbocycles. The minimum absolute atomic E-state index is 0.0443. The number of amides is 2. The second-order valence-corrected chi connectivity index (χ2v) is 5.57. The monoisotopic (exact) mass is 369 g/mol. The summed E-state index contributed by atoms with van der Waals surface area (Å²) < 4.78 is 10.6. The first-order chi connectivity index (χ1) is 13.0. The first-order valence-corrected chi connectivity index (χ1v) is 7.91. The summed E-state index contributed by atoms with van der Waals surface area (Å²) in [5.74, 6) is -1.27. The summed E-state index contributed by atoms with van der Waals surface area (Å²) in [6.07, 6.45) is 0. The summed E-state index contributed by atoms with van der Waals surface area (Å²) in [6.45, 7) is 1.23. The Balaban J connectivity index is 1.58. The molecule has 0 aliphatic rings. The van der Waals surface area contributed by atoms with Gasteiger partial charge in [0.25, 0.3) is 5.91 Å². The lowest BCUT2D eigenvalue weighted by molar-refractivity contribution is -0.385. The summed E-state index contributed by atoms with van der Waals surface area (Å²) in [5.41, 5.74) is 5.36. The number of hydrazine groups is 1. The largest absolute Gasteiger partial charge is 0.477 e. The van der Waals surface area contributed by atoms with E-state index < -0.39 is 23.3 Å². The van der Waals surface area contributed by atoms with Crippen LogP contribution in [0.2, 0.25) is 0 Å². The van der Waals surface area contributed by atoms with Gasteiger partial charge in [-0.25, -0.2) is 0 Å². The van der Waals surface area contributed by atoms with Crippen LogP contribution in [0.5, 0.6) is 5.75 Å². The number of rotatable bonds is 5. The number of ether oxygens (including phenoxy) is 1. The molecule has 0 atom stereocenters. The van der Waals surface area contributed by atoms with Gasteiger partial charge in [0, 0.05) is 17.0 Å². The van der Waals surface area contributed by atoms with E-state index in [1.54, 1.807) is 25.1 Å². The minimum Gasteiger partial charge on any atom is -0.477 e. The van der Waals surface area contributed by atoms with Crippen molar-refractivity contribution in [3.05, 3.63) is 70.0 Å². The molecule has 27 heavy (non-hydrogen) atoms. The standard InChI is InChI=1S/C18H15N3O6/c1-11-12-6-2-4-8-14(12)27-17(11)18(23)20-19-16(22)10-26-15-9-5-3-7-13(15)21(24)25/h2-9H,10H2,1H3,(H,19,22)(H,20,23). The van der Waals surface area contributed by atoms with E-state index >= 15 is 0 Å². The molecule has 0 spiro atoms. The third kappa shape index (κ3) is 3.87. The predicted molar refractivity (Wildman–Crippen MR) is 95.2 cm³/mol. The molecule has 0 aliphatic heterocycles. The number of nitro benzene ring substituents is 1. The molecule has 1 aromatic heterocycles. The number of carbonyl (C=O) groups is 2. The van der Waals surface area contributed by atoms with Crippen molar-refractivity contribution in [2.75, 3.05) is 6.61 Å². The molecule has 2 N–H and O–H groups in total. The Labute approximate surface area is 153 Å². The summed E-state index contributed by atoms with van der Waals surface area (Å²) in [5, 5.41) is 11.7. The second kappa shape index (κ2) is 7.56. The maximum atomic E-state index is 12.2. The van der Waals surface area contributed by atoms with Crippen LogP contribution in [0.3, 0.4) is 0 Å². The zero-order chi connectivity index (χ0) is 19.4. The van der Waals surface area contributed by atoms with Gasteiger partial charge >= 0.3 is 11.6 Å². The predicted octanol–water partition coefficient (Wildman–Crippen LogP) is 2.49. The lowest BCUT2D eigenvalue weighted by Crippen LogP contribution is -2.43. The first-order valence-electron chi connectivity index (χ1n) is 7.91. The van der Waals surface area contributed by atoms with Crippen molar-refractivity contribution in [3.8, 4) is 5.75 Å². The molecule has 0 aliphatic carbocycles. The molecular formula is C18H15N3O6. The van der Waals surface area contributed by atoms with Crippen LogP contribution >= 0.6 is 0 Å². The van der Waals surface area contributed by atoms with Gasteiger partial charge in [0.05, 0.1) is 4.92 Å². The summed E-state index contributed by atoms with van der Waals surface area (Å²) in [4.78, 5) is 34.3. The van der Waals surface area contributed by atoms with Gasteiger partial charge in [-0.3, -0.25) is 30.6 Å². The van der Waals surface area contributed by atoms with Crippen LogP contribution in [-0.4, -0.2) is 23.3 Å². The third-order valence-electron chi connectivity index (χ3n) is 3.79. The van der Waals surface area contributed by atoms with Crippen molar-refractivity contribution < 1.29 is 23.7 Å². The van der Waals surface area contributed by atoms with E-state index in [1.807, 2.05) is 12.1 Å². The van der Waals surface area contributed by atoms with Gasteiger partial charge in [-0.1, -0.05) is 30.3 Å². The quantitative estimate of drug-likeness (QED) is 0.526. The van der Waals surface area contributed by atoms with Gasteiger partial charge in [0.1, 0.15) is 5.58 Å². The van der Waals surface area contributed by atoms with Crippen LogP contribution in [0.25, 0.3) is 11.0 Å². The number of benzene rings is 2. The number of nitrogens with one attached hydrogen (secondary N) is 2. The number of aryl methyl sites for hydroxylation is 1. The Kier molecular flexibility index (Phi) is 5.02. The van der Waals surface area contributed by atoms with Crippen LogP contribution in [-0.2, 0) is 4.79 Å². The van der Waals surface area contributed by atoms with Gasteiger partial charge in [-0.2, -0.15) is 0 Å². The van der Waals surface area contributed by atoms with E-state index in [4.69, 9.17) is 9.15 Å². The Morgan fingerprint density at radius 3 is 2.56 bits per heavy atom. The second-order valence-electron chi connectivity index (χ2n) is 5.57. The Morgan fingerprint density at radius 1 is 1.11 bits per heavy atom. The van der Waals surface area contributed by atoms with Crippen LogP contribution in [0.15, 0.2) is 52.9 Å². The molecule has 3 rings (SSSR count). The van der Waals surface area contributed by atoms with Crippen LogP contribution in [0.1, 0.15) is 16.1 Å². The average Bonchev–Trinajstić information content (AvgIpc) is 3.01. The van der Waals surface area contributed by atoms with E-state index in [1.165, 1.54) is 18.2 Å². The van der Waals surface area contributed by atoms with Gasteiger partial charge in [-0.15, -0.1) is 0 Å². The summed E-state index contributed by atoms with van der Waals surface area (Å²) in [6, 6.07) is 12.8. The Bertz CT molecular complexity index is 1030. The number of fused-ring (bicyclic) bond motifs is 1. The van der Waals surface area contributed by atoms with Crippen molar-refractivity contribution in [2.45, 2.75) is 6.92 Å². The van der Waals surface area contributed by atoms with E-state index in [0.717, 1.165) is 5.39 Å². The number of nitrogens with zero attached hydrogens (tertiary/aromatic N) is 1. The normalized spacial score (nSPS) is 10.4. The van der Waals surface area contributed by atoms with Crippen molar-refractivity contribution in [1.82, 2.24) is 10.9 Å². The van der Waals surface area contributed by atoms with E-state index in [2.05, 4.69) is 10.9 Å². The Morgan fingerprint density at radius 2 is 1.81 bits per heavy atom. The molecule has 0 saturated heterocycles. The zero-order valence-electron chi connectivity index (χ0n) is 14.2. The smallest absolute Gasteiger partial charge is 0.310 e. The van der Waals surface area contributed by atoms with Gasteiger partial charge in [0.15, 0.2) is 18.1 Å². The fourth-order valence-electron chi connectivity index (χ4n) is 2.48. The van der Waals surface area contributed by atoms with Crippen molar-refractivity contribution in [3.63, 3.8) is 0 Å². The lowest BCUT2D eigenvalue weighted by Gasteiger charge is -2.08. The molecule has 138 valence electrons. The first kappa shape index (κ1) is 17.9. The molecule has 0 bridgehead atoms. The highest BCUT2D eigenvalue weighted by atomic mass is 16.6. The van der Waals surface area contributed by atoms with Gasteiger partial charge in [0.2, 0.25) is 0 Å². The highest BCUT2D eigenvalue weighted by Crippen LogP contribution is 2.26. The fourth-order valence-corrected chi connectivity index (χ4v) is 2.48. The summed E-state index contributed by atoms with van der Waals surface area (Å²) in [7, 11) is 0. The molecule has 9 nitrogen and oxygen atoms in total. The molecule has 1 heterocycles. The SMILES string of the molecule is Cc1c(C(=O)NNC(=O)COc2ccccc2[N+](=O)[O-])oc2ccccc12. The van der Waals surface area contributed by atoms with E-state index in [0.29, 0.717) is 11.1 Å². The van der Waals surface area contributed by atoms with Gasteiger partial charge in [-0.05, 0) is 19.1 Å². The molecule has 2 amide bonds. The van der Waals surface area contributed by atoms with Crippen molar-refractivity contribution in [2.24, 2.45) is 0 Å². The number of carbonyl (C=O) groups excluding carboxylic acids is 2. The van der Waals surface area contributed by atoms with Gasteiger partial charge < -0.3 is 9.15 Å². The number of hydrogen-bond acceptors (Lipinski definition) is 6. The number of furan rings is 1. The summed E-state index contributed by atoms with van der Waals surface area (Å²) >= 11 is 0. The van der Waals surface area contributed by atoms with Crippen LogP contribution < -0.4 is 15.6 Å². The molecule has 9 heteroatoms. The van der Waals surface area contributed by atoms with Crippen LogP contribution in [0.4, 0.5) is 5.69 Å². The lowest BCUT2D eigenvalue weighted by atomic mass is 10.1. The molecule has 0 unspecified atom stereocenters. The zero-order valence-corrected chi connectivity index (χ0v) is 14.2. The van der Waals surface area contributed by atoms with Crippen molar-refractivity contribution in [1.29, 1.82) is 0 Å². The molecule has 0 fully saturated rings. The Hall–Kier alpha value is -3.88. The van der Waals surface area contributed by atoms with E-state index in [9.17, 15) is 19.7 Å². The molecule has 3 aromatic rings. The minimum atomic E-state index is -0.685. The third-order valence-corrected chi connectivity index (χ3v) is 3.79. The highest BCUT2D eigenvalue weighted by Gasteiger charge is 2.19. The maximum Gasteiger partial charge on any atom is 0.310 e. The molecule has 2 aromatic carbocycles. The molecule has 0 radical (unpaired) electrons. The number of hydrogen-bond donors (Lipinski definition) is 2.